The van der Waals surface area contributed by atoms with Gasteiger partial charge in [0.1, 0.15) is 5.75 Å². The quantitative estimate of drug-likeness (QED) is 0.267. The van der Waals surface area contributed by atoms with Gasteiger partial charge in [0.2, 0.25) is 0 Å². The van der Waals surface area contributed by atoms with Crippen LogP contribution < -0.4 is 10.1 Å². The Hall–Kier alpha value is -1.39. The van der Waals surface area contributed by atoms with Crippen LogP contribution in [-0.4, -0.2) is 50.2 Å². The van der Waals surface area contributed by atoms with Gasteiger partial charge in [-0.1, -0.05) is 12.1 Å². The lowest BCUT2D eigenvalue weighted by molar-refractivity contribution is 0.125. The molecule has 0 aliphatic rings. The van der Waals surface area contributed by atoms with E-state index in [1.54, 1.807) is 25.5 Å². The van der Waals surface area contributed by atoms with Crippen molar-refractivity contribution in [1.29, 1.82) is 0 Å². The van der Waals surface area contributed by atoms with Crippen LogP contribution in [0.5, 0.6) is 5.75 Å². The van der Waals surface area contributed by atoms with E-state index >= 15 is 0 Å². The molecule has 26 heavy (non-hydrogen) atoms. The Bertz CT molecular complexity index is 693. The number of rotatable bonds is 8. The van der Waals surface area contributed by atoms with Gasteiger partial charge in [0.25, 0.3) is 0 Å². The number of hydrogen-bond acceptors (Lipinski definition) is 5. The molecule has 0 radical (unpaired) electrons. The molecule has 0 fully saturated rings. The summed E-state index contributed by atoms with van der Waals surface area (Å²) in [6, 6.07) is 7.90. The molecule has 0 saturated carbocycles. The zero-order valence-corrected chi connectivity index (χ0v) is 18.8. The molecule has 1 heterocycles. The third-order valence-electron chi connectivity index (χ3n) is 3.57. The van der Waals surface area contributed by atoms with Crippen molar-refractivity contribution < 1.29 is 9.47 Å². The van der Waals surface area contributed by atoms with Gasteiger partial charge in [-0.05, 0) is 24.6 Å². The average molecular weight is 490 g/mol. The van der Waals surface area contributed by atoms with Crippen LogP contribution in [0.25, 0.3) is 0 Å². The number of ether oxygens (including phenoxy) is 2. The summed E-state index contributed by atoms with van der Waals surface area (Å²) in [5.74, 6) is 1.68. The number of aromatic nitrogens is 1. The molecule has 1 N–H and O–H groups in total. The summed E-state index contributed by atoms with van der Waals surface area (Å²) in [6.07, 6.45) is 0. The number of aliphatic imine (C=N–C) groups is 1. The highest BCUT2D eigenvalue weighted by molar-refractivity contribution is 14.0. The van der Waals surface area contributed by atoms with Gasteiger partial charge in [-0.3, -0.25) is 4.99 Å². The Kier molecular flexibility index (Phi) is 10.5. The number of nitrogens with zero attached hydrogens (tertiary/aromatic N) is 3. The molecule has 0 amide bonds. The van der Waals surface area contributed by atoms with E-state index in [9.17, 15) is 0 Å². The maximum atomic E-state index is 5.71. The summed E-state index contributed by atoms with van der Waals surface area (Å²) in [5, 5.41) is 6.47. The minimum Gasteiger partial charge on any atom is -0.497 e. The molecule has 0 bridgehead atoms. The standard InChI is InChI=1S/C18H26N4O2S.HI/c1-14-21-16(13-25-14)11-22(3)18(19-2)20-8-9-24-12-15-6-5-7-17(10-15)23-4;/h5-7,10,13H,8-9,11-12H2,1-4H3,(H,19,20);1H. The van der Waals surface area contributed by atoms with Gasteiger partial charge in [0, 0.05) is 26.0 Å². The van der Waals surface area contributed by atoms with Gasteiger partial charge in [0.05, 0.1) is 37.6 Å². The molecule has 8 heteroatoms. The summed E-state index contributed by atoms with van der Waals surface area (Å²) < 4.78 is 10.9. The van der Waals surface area contributed by atoms with E-state index in [2.05, 4.69) is 25.6 Å². The first kappa shape index (κ1) is 22.7. The number of thiazole rings is 1. The largest absolute Gasteiger partial charge is 0.497 e. The number of benzene rings is 1. The van der Waals surface area contributed by atoms with Gasteiger partial charge in [-0.15, -0.1) is 35.3 Å². The Morgan fingerprint density at radius 2 is 2.19 bits per heavy atom. The summed E-state index contributed by atoms with van der Waals surface area (Å²) in [6.45, 7) is 4.60. The molecule has 0 atom stereocenters. The Morgan fingerprint density at radius 3 is 2.85 bits per heavy atom. The second kappa shape index (κ2) is 12.1. The lowest BCUT2D eigenvalue weighted by atomic mass is 10.2. The fourth-order valence-corrected chi connectivity index (χ4v) is 2.97. The Balaban J connectivity index is 0.00000338. The summed E-state index contributed by atoms with van der Waals surface area (Å²) in [5.41, 5.74) is 2.15. The van der Waals surface area contributed by atoms with Crippen molar-refractivity contribution in [1.82, 2.24) is 15.2 Å². The molecule has 0 saturated heterocycles. The zero-order valence-electron chi connectivity index (χ0n) is 15.7. The van der Waals surface area contributed by atoms with Crippen molar-refractivity contribution in [2.24, 2.45) is 4.99 Å². The fraction of sp³-hybridized carbons (Fsp3) is 0.444. The predicted molar refractivity (Wildman–Crippen MR) is 118 cm³/mol. The average Bonchev–Trinajstić information content (AvgIpc) is 3.03. The number of guanidine groups is 1. The van der Waals surface area contributed by atoms with Gasteiger partial charge >= 0.3 is 0 Å². The molecular formula is C18H27IN4O2S. The molecule has 0 spiro atoms. The van der Waals surface area contributed by atoms with Crippen molar-refractivity contribution in [3.8, 4) is 5.75 Å². The third-order valence-corrected chi connectivity index (χ3v) is 4.39. The maximum absolute atomic E-state index is 5.71. The first-order chi connectivity index (χ1) is 12.1. The van der Waals surface area contributed by atoms with E-state index in [4.69, 9.17) is 9.47 Å². The highest BCUT2D eigenvalue weighted by Gasteiger charge is 2.08. The van der Waals surface area contributed by atoms with E-state index in [1.807, 2.05) is 38.2 Å². The van der Waals surface area contributed by atoms with Gasteiger partial charge in [0.15, 0.2) is 5.96 Å². The van der Waals surface area contributed by atoms with Crippen LogP contribution in [0.1, 0.15) is 16.3 Å². The molecule has 0 aliphatic carbocycles. The van der Waals surface area contributed by atoms with Crippen LogP contribution >= 0.6 is 35.3 Å². The summed E-state index contributed by atoms with van der Waals surface area (Å²) >= 11 is 1.66. The van der Waals surface area contributed by atoms with E-state index < -0.39 is 0 Å². The van der Waals surface area contributed by atoms with E-state index in [1.165, 1.54) is 0 Å². The summed E-state index contributed by atoms with van der Waals surface area (Å²) in [7, 11) is 5.45. The van der Waals surface area contributed by atoms with Crippen molar-refractivity contribution >= 4 is 41.3 Å². The first-order valence-electron chi connectivity index (χ1n) is 8.16. The van der Waals surface area contributed by atoms with Crippen molar-refractivity contribution in [2.45, 2.75) is 20.1 Å². The molecule has 2 rings (SSSR count). The number of hydrogen-bond donors (Lipinski definition) is 1. The van der Waals surface area contributed by atoms with E-state index in [0.717, 1.165) is 34.5 Å². The van der Waals surface area contributed by atoms with Crippen molar-refractivity contribution in [3.63, 3.8) is 0 Å². The van der Waals surface area contributed by atoms with Crippen molar-refractivity contribution in [2.75, 3.05) is 34.4 Å². The maximum Gasteiger partial charge on any atom is 0.193 e. The molecule has 0 unspecified atom stereocenters. The van der Waals surface area contributed by atoms with Gasteiger partial charge < -0.3 is 19.7 Å². The predicted octanol–water partition coefficient (Wildman–Crippen LogP) is 3.30. The normalized spacial score (nSPS) is 11.0. The van der Waals surface area contributed by atoms with Crippen LogP contribution in [0.4, 0.5) is 0 Å². The van der Waals surface area contributed by atoms with Gasteiger partial charge in [-0.2, -0.15) is 0 Å². The number of nitrogens with one attached hydrogen (secondary N) is 1. The molecule has 6 nitrogen and oxygen atoms in total. The van der Waals surface area contributed by atoms with E-state index in [0.29, 0.717) is 19.8 Å². The lowest BCUT2D eigenvalue weighted by Crippen LogP contribution is -2.40. The highest BCUT2D eigenvalue weighted by Crippen LogP contribution is 2.13. The minimum atomic E-state index is 0. The van der Waals surface area contributed by atoms with Crippen LogP contribution in [-0.2, 0) is 17.9 Å². The number of methoxy groups -OCH3 is 1. The number of halogens is 1. The minimum absolute atomic E-state index is 0. The Morgan fingerprint density at radius 1 is 1.38 bits per heavy atom. The Labute approximate surface area is 176 Å². The van der Waals surface area contributed by atoms with Crippen LogP contribution in [0.2, 0.25) is 0 Å². The molecule has 1 aromatic carbocycles. The SMILES string of the molecule is CN=C(NCCOCc1cccc(OC)c1)N(C)Cc1csc(C)n1.I. The van der Waals surface area contributed by atoms with Crippen LogP contribution in [0.15, 0.2) is 34.6 Å². The molecule has 2 aromatic rings. The van der Waals surface area contributed by atoms with E-state index in [-0.39, 0.29) is 24.0 Å². The third kappa shape index (κ3) is 7.46. The topological polar surface area (TPSA) is 59.0 Å². The number of aryl methyl sites for hydroxylation is 1. The second-order valence-corrected chi connectivity index (χ2v) is 6.65. The highest BCUT2D eigenvalue weighted by atomic mass is 127. The fourth-order valence-electron chi connectivity index (χ4n) is 2.37. The summed E-state index contributed by atoms with van der Waals surface area (Å²) in [4.78, 5) is 10.8. The molecular weight excluding hydrogens is 463 g/mol. The lowest BCUT2D eigenvalue weighted by Gasteiger charge is -2.21. The van der Waals surface area contributed by atoms with Gasteiger partial charge in [-0.25, -0.2) is 4.98 Å². The van der Waals surface area contributed by atoms with Crippen LogP contribution in [0.3, 0.4) is 0 Å². The van der Waals surface area contributed by atoms with Crippen molar-refractivity contribution in [3.05, 3.63) is 45.9 Å². The second-order valence-electron chi connectivity index (χ2n) is 5.59. The molecule has 144 valence electrons. The van der Waals surface area contributed by atoms with Crippen LogP contribution in [0, 0.1) is 6.92 Å². The monoisotopic (exact) mass is 490 g/mol. The zero-order chi connectivity index (χ0) is 18.1. The smallest absolute Gasteiger partial charge is 0.193 e. The molecule has 1 aromatic heterocycles. The molecule has 0 aliphatic heterocycles. The first-order valence-corrected chi connectivity index (χ1v) is 9.03.